The van der Waals surface area contributed by atoms with E-state index in [2.05, 4.69) is 9.98 Å². The highest BCUT2D eigenvalue weighted by molar-refractivity contribution is 6.04. The van der Waals surface area contributed by atoms with Gasteiger partial charge in [0.25, 0.3) is 0 Å². The fraction of sp³-hybridized carbons (Fsp3) is 0.286. The maximum absolute atomic E-state index is 13.6. The Balaban J connectivity index is 1.99. The van der Waals surface area contributed by atoms with E-state index in [1.165, 1.54) is 30.4 Å². The monoisotopic (exact) mass is 405 g/mol. The predicted molar refractivity (Wildman–Crippen MR) is 109 cm³/mol. The van der Waals surface area contributed by atoms with Crippen molar-refractivity contribution in [2.24, 2.45) is 4.99 Å². The molecule has 0 aliphatic carbocycles. The fourth-order valence-corrected chi connectivity index (χ4v) is 3.22. The number of aliphatic imine (C=N–C) groups is 1. The molecular formula is C21H22F3N3O2. The van der Waals surface area contributed by atoms with Gasteiger partial charge in [-0.3, -0.25) is 4.99 Å². The second-order valence-electron chi connectivity index (χ2n) is 6.76. The molecule has 0 saturated heterocycles. The number of hydrogen-bond donors (Lipinski definition) is 2. The van der Waals surface area contributed by atoms with Gasteiger partial charge in [0.2, 0.25) is 0 Å². The minimum absolute atomic E-state index is 0.0549. The summed E-state index contributed by atoms with van der Waals surface area (Å²) < 4.78 is 45.7. The molecule has 8 heteroatoms. The second-order valence-corrected chi connectivity index (χ2v) is 6.76. The average molecular weight is 405 g/mol. The van der Waals surface area contributed by atoms with Crippen LogP contribution in [0.1, 0.15) is 16.7 Å². The number of H-pyrrole nitrogens is 1. The van der Waals surface area contributed by atoms with E-state index < -0.39 is 11.7 Å². The van der Waals surface area contributed by atoms with Crippen LogP contribution in [0.5, 0.6) is 5.88 Å². The number of aromatic nitrogens is 1. The zero-order valence-electron chi connectivity index (χ0n) is 16.3. The number of ether oxygens (including phenoxy) is 1. The summed E-state index contributed by atoms with van der Waals surface area (Å²) in [6, 6.07) is 9.47. The number of benzene rings is 2. The van der Waals surface area contributed by atoms with E-state index in [4.69, 9.17) is 4.74 Å². The van der Waals surface area contributed by atoms with E-state index in [0.717, 1.165) is 22.5 Å². The Hall–Kier alpha value is -3.00. The highest BCUT2D eigenvalue weighted by Gasteiger charge is 2.34. The van der Waals surface area contributed by atoms with Gasteiger partial charge in [0.15, 0.2) is 5.88 Å². The third kappa shape index (κ3) is 4.37. The van der Waals surface area contributed by atoms with Crippen molar-refractivity contribution in [1.82, 2.24) is 4.98 Å². The summed E-state index contributed by atoms with van der Waals surface area (Å²) in [6.45, 7) is 2.52. The van der Waals surface area contributed by atoms with Crippen LogP contribution in [0.3, 0.4) is 0 Å². The molecule has 29 heavy (non-hydrogen) atoms. The molecule has 3 rings (SSSR count). The van der Waals surface area contributed by atoms with E-state index in [1.807, 2.05) is 25.1 Å². The molecule has 0 atom stereocenters. The number of aromatic amines is 1. The molecule has 0 saturated carbocycles. The Morgan fingerprint density at radius 1 is 1.24 bits per heavy atom. The van der Waals surface area contributed by atoms with Gasteiger partial charge in [0.05, 0.1) is 23.4 Å². The van der Waals surface area contributed by atoms with Crippen molar-refractivity contribution in [2.45, 2.75) is 13.1 Å². The molecule has 0 spiro atoms. The number of fused-ring (bicyclic) bond motifs is 1. The quantitative estimate of drug-likeness (QED) is 0.565. The zero-order valence-corrected chi connectivity index (χ0v) is 16.3. The standard InChI is InChI=1S/C21H22F3N3O2/c1-13-5-4-6-17-19(13)15(20(28)26-17)12-25-14-7-8-18(27(2)9-10-29-3)16(11-14)21(22,23)24/h4-8,11-12,26,28H,9-10H2,1-3H3. The molecule has 1 heterocycles. The molecule has 154 valence electrons. The Morgan fingerprint density at radius 3 is 2.69 bits per heavy atom. The Labute approximate surface area is 166 Å². The highest BCUT2D eigenvalue weighted by Crippen LogP contribution is 2.38. The summed E-state index contributed by atoms with van der Waals surface area (Å²) >= 11 is 0. The van der Waals surface area contributed by atoms with Gasteiger partial charge in [-0.1, -0.05) is 12.1 Å². The van der Waals surface area contributed by atoms with Crippen molar-refractivity contribution in [3.05, 3.63) is 53.1 Å². The lowest BCUT2D eigenvalue weighted by Gasteiger charge is -2.23. The zero-order chi connectivity index (χ0) is 21.2. The highest BCUT2D eigenvalue weighted by atomic mass is 19.4. The van der Waals surface area contributed by atoms with Gasteiger partial charge in [-0.2, -0.15) is 13.2 Å². The Kier molecular flexibility index (Phi) is 5.83. The summed E-state index contributed by atoms with van der Waals surface area (Å²) in [4.78, 5) is 8.53. The summed E-state index contributed by atoms with van der Waals surface area (Å²) in [7, 11) is 3.08. The van der Waals surface area contributed by atoms with Crippen LogP contribution < -0.4 is 4.90 Å². The lowest BCUT2D eigenvalue weighted by molar-refractivity contribution is -0.137. The first-order chi connectivity index (χ1) is 13.7. The number of rotatable bonds is 6. The molecule has 2 aromatic carbocycles. The number of nitrogens with one attached hydrogen (secondary N) is 1. The molecule has 0 aliphatic rings. The van der Waals surface area contributed by atoms with Gasteiger partial charge in [-0.05, 0) is 36.8 Å². The minimum Gasteiger partial charge on any atom is -0.494 e. The number of halogens is 3. The van der Waals surface area contributed by atoms with Gasteiger partial charge >= 0.3 is 6.18 Å². The minimum atomic E-state index is -4.53. The van der Waals surface area contributed by atoms with Crippen molar-refractivity contribution in [3.8, 4) is 5.88 Å². The van der Waals surface area contributed by atoms with E-state index >= 15 is 0 Å². The molecule has 0 unspecified atom stereocenters. The van der Waals surface area contributed by atoms with Crippen LogP contribution in [0.4, 0.5) is 24.5 Å². The number of nitrogens with zero attached hydrogens (tertiary/aromatic N) is 2. The van der Waals surface area contributed by atoms with Crippen LogP contribution in [0.15, 0.2) is 41.4 Å². The van der Waals surface area contributed by atoms with Crippen molar-refractivity contribution in [1.29, 1.82) is 0 Å². The number of aryl methyl sites for hydroxylation is 1. The molecular weight excluding hydrogens is 383 g/mol. The van der Waals surface area contributed by atoms with Crippen molar-refractivity contribution < 1.29 is 23.0 Å². The number of alkyl halides is 3. The van der Waals surface area contributed by atoms with Crippen LogP contribution >= 0.6 is 0 Å². The van der Waals surface area contributed by atoms with E-state index in [0.29, 0.717) is 18.7 Å². The normalized spacial score (nSPS) is 12.2. The van der Waals surface area contributed by atoms with Crippen molar-refractivity contribution in [3.63, 3.8) is 0 Å². The van der Waals surface area contributed by atoms with Crippen LogP contribution in [0, 0.1) is 6.92 Å². The Morgan fingerprint density at radius 2 is 2.00 bits per heavy atom. The molecule has 3 aromatic rings. The first-order valence-corrected chi connectivity index (χ1v) is 8.98. The van der Waals surface area contributed by atoms with E-state index in [-0.39, 0.29) is 17.3 Å². The summed E-state index contributed by atoms with van der Waals surface area (Å²) in [6.07, 6.45) is -3.15. The van der Waals surface area contributed by atoms with Gasteiger partial charge in [0, 0.05) is 43.5 Å². The molecule has 0 aliphatic heterocycles. The summed E-state index contributed by atoms with van der Waals surface area (Å²) in [5.41, 5.74) is 1.52. The number of methoxy groups -OCH3 is 1. The smallest absolute Gasteiger partial charge is 0.418 e. The van der Waals surface area contributed by atoms with E-state index in [1.54, 1.807) is 7.05 Å². The molecule has 5 nitrogen and oxygen atoms in total. The topological polar surface area (TPSA) is 60.9 Å². The summed E-state index contributed by atoms with van der Waals surface area (Å²) in [5, 5.41) is 11.0. The average Bonchev–Trinajstić information content (AvgIpc) is 3.00. The van der Waals surface area contributed by atoms with Crippen LogP contribution in [0.25, 0.3) is 10.9 Å². The number of aromatic hydroxyl groups is 1. The fourth-order valence-electron chi connectivity index (χ4n) is 3.22. The Bertz CT molecular complexity index is 1040. The van der Waals surface area contributed by atoms with Crippen LogP contribution in [0.2, 0.25) is 0 Å². The van der Waals surface area contributed by atoms with Gasteiger partial charge in [-0.25, -0.2) is 0 Å². The first-order valence-electron chi connectivity index (χ1n) is 8.98. The molecule has 0 amide bonds. The summed E-state index contributed by atoms with van der Waals surface area (Å²) in [5.74, 6) is -0.0787. The molecule has 1 aromatic heterocycles. The second kappa shape index (κ2) is 8.16. The molecule has 0 radical (unpaired) electrons. The SMILES string of the molecule is COCCN(C)c1ccc(N=Cc2c(O)[nH]c3cccc(C)c23)cc1C(F)(F)F. The largest absolute Gasteiger partial charge is 0.494 e. The van der Waals surface area contributed by atoms with Crippen LogP contribution in [-0.2, 0) is 10.9 Å². The molecule has 0 fully saturated rings. The maximum atomic E-state index is 13.6. The molecule has 2 N–H and O–H groups in total. The third-order valence-electron chi connectivity index (χ3n) is 4.72. The number of likely N-dealkylation sites (N-methyl/N-ethyl adjacent to an activating group) is 1. The van der Waals surface area contributed by atoms with Gasteiger partial charge in [-0.15, -0.1) is 0 Å². The number of anilines is 1. The van der Waals surface area contributed by atoms with E-state index in [9.17, 15) is 18.3 Å². The molecule has 0 bridgehead atoms. The number of hydrogen-bond acceptors (Lipinski definition) is 4. The lowest BCUT2D eigenvalue weighted by atomic mass is 10.1. The third-order valence-corrected chi connectivity index (χ3v) is 4.72. The first kappa shape index (κ1) is 20.7. The van der Waals surface area contributed by atoms with Crippen LogP contribution in [-0.4, -0.2) is 43.6 Å². The van der Waals surface area contributed by atoms with Crippen molar-refractivity contribution in [2.75, 3.05) is 32.2 Å². The van der Waals surface area contributed by atoms with Gasteiger partial charge < -0.3 is 19.7 Å². The predicted octanol–water partition coefficient (Wildman–Crippen LogP) is 5.03. The maximum Gasteiger partial charge on any atom is 0.418 e. The van der Waals surface area contributed by atoms with Crippen molar-refractivity contribution >= 4 is 28.5 Å². The van der Waals surface area contributed by atoms with Gasteiger partial charge in [0.1, 0.15) is 0 Å². The lowest BCUT2D eigenvalue weighted by Crippen LogP contribution is -2.25.